The number of nitrogens with zero attached hydrogens (tertiary/aromatic N) is 2. The van der Waals surface area contributed by atoms with E-state index in [4.69, 9.17) is 19.6 Å². The molecular formula is C25H39FN3O6PS2. The van der Waals surface area contributed by atoms with Crippen molar-refractivity contribution in [2.45, 2.75) is 109 Å². The van der Waals surface area contributed by atoms with Gasteiger partial charge in [0.1, 0.15) is 6.10 Å². The molecule has 38 heavy (non-hydrogen) atoms. The fourth-order valence-electron chi connectivity index (χ4n) is 3.90. The molecule has 214 valence electrons. The Morgan fingerprint density at radius 3 is 2.53 bits per heavy atom. The minimum Gasteiger partial charge on any atom is -0.472 e. The average Bonchev–Trinajstić information content (AvgIpc) is 3.40. The summed E-state index contributed by atoms with van der Waals surface area (Å²) in [6, 6.07) is 1.16. The van der Waals surface area contributed by atoms with E-state index in [2.05, 4.69) is 25.8 Å². The summed E-state index contributed by atoms with van der Waals surface area (Å²) in [7, 11) is 1.74. The Morgan fingerprint density at radius 1 is 1.24 bits per heavy atom. The number of ether oxygens (including phenoxy) is 1. The summed E-state index contributed by atoms with van der Waals surface area (Å²) < 4.78 is 50.8. The van der Waals surface area contributed by atoms with Crippen LogP contribution in [-0.2, 0) is 26.1 Å². The molecule has 3 heterocycles. The van der Waals surface area contributed by atoms with Gasteiger partial charge in [0.2, 0.25) is 0 Å². The van der Waals surface area contributed by atoms with E-state index < -0.39 is 44.4 Å². The van der Waals surface area contributed by atoms with Gasteiger partial charge in [-0.05, 0) is 34.6 Å². The quantitative estimate of drug-likeness (QED) is 0.235. The van der Waals surface area contributed by atoms with Gasteiger partial charge in [0.05, 0.1) is 25.2 Å². The van der Waals surface area contributed by atoms with Crippen molar-refractivity contribution in [2.24, 2.45) is 0 Å². The Balaban J connectivity index is 1.80. The predicted octanol–water partition coefficient (Wildman–Crippen LogP) is 6.01. The van der Waals surface area contributed by atoms with Gasteiger partial charge >= 0.3 is 5.69 Å². The lowest BCUT2D eigenvalue weighted by Gasteiger charge is -2.37. The van der Waals surface area contributed by atoms with Crippen molar-refractivity contribution in [3.05, 3.63) is 56.8 Å². The van der Waals surface area contributed by atoms with E-state index in [1.807, 2.05) is 32.4 Å². The van der Waals surface area contributed by atoms with Crippen molar-refractivity contribution < 1.29 is 24.0 Å². The lowest BCUT2D eigenvalue weighted by molar-refractivity contribution is -0.0181. The first-order valence-electron chi connectivity index (χ1n) is 13.2. The second-order valence-corrected chi connectivity index (χ2v) is 15.1. The number of rotatable bonds is 12. The zero-order valence-corrected chi connectivity index (χ0v) is 25.4. The highest BCUT2D eigenvalue weighted by atomic mass is 33.1. The van der Waals surface area contributed by atoms with E-state index in [0.29, 0.717) is 0 Å². The van der Waals surface area contributed by atoms with Crippen LogP contribution in [0, 0.1) is 0 Å². The molecule has 0 amide bonds. The van der Waals surface area contributed by atoms with Crippen molar-refractivity contribution in [1.82, 2.24) is 14.2 Å². The maximum atomic E-state index is 15.8. The maximum absolute atomic E-state index is 15.8. The number of furan rings is 1. The smallest absolute Gasteiger partial charge is 0.330 e. The average molecular weight is 593 g/mol. The van der Waals surface area contributed by atoms with Crippen LogP contribution in [0.3, 0.4) is 0 Å². The lowest BCUT2D eigenvalue weighted by Crippen LogP contribution is -2.38. The molecule has 13 heteroatoms. The molecule has 1 N–H and O–H groups in total. The first-order valence-corrected chi connectivity index (χ1v) is 15.9. The molecule has 0 aliphatic carbocycles. The van der Waals surface area contributed by atoms with Gasteiger partial charge in [0, 0.05) is 47.3 Å². The summed E-state index contributed by atoms with van der Waals surface area (Å²) in [5.74, 6) is 0.744. The van der Waals surface area contributed by atoms with E-state index in [9.17, 15) is 9.59 Å². The third-order valence-corrected chi connectivity index (χ3v) is 10.9. The summed E-state index contributed by atoms with van der Waals surface area (Å²) >= 11 is 0. The summed E-state index contributed by atoms with van der Waals surface area (Å²) in [4.78, 5) is 25.9. The second kappa shape index (κ2) is 13.5. The third kappa shape index (κ3) is 8.19. The first kappa shape index (κ1) is 29.8. The Bertz CT molecular complexity index is 1170. The molecule has 0 bridgehead atoms. The van der Waals surface area contributed by atoms with Crippen LogP contribution >= 0.6 is 30.1 Å². The van der Waals surface area contributed by atoms with Crippen LogP contribution in [0.2, 0.25) is 0 Å². The number of H-pyrrole nitrogens is 1. The Morgan fingerprint density at radius 2 is 1.92 bits per heavy atom. The fraction of sp³-hybridized carbons (Fsp3) is 0.680. The summed E-state index contributed by atoms with van der Waals surface area (Å²) in [5.41, 5.74) is 0.514. The predicted molar refractivity (Wildman–Crippen MR) is 152 cm³/mol. The molecule has 1 saturated heterocycles. The number of hydrogen-bond donors (Lipinski definition) is 1. The van der Waals surface area contributed by atoms with Gasteiger partial charge in [0.15, 0.2) is 12.4 Å². The first-order chi connectivity index (χ1) is 18.3. The normalized spacial score (nSPS) is 23.5. The van der Waals surface area contributed by atoms with Gasteiger partial charge in [-0.25, -0.2) is 13.9 Å². The molecule has 2 unspecified atom stereocenters. The molecule has 5 atom stereocenters. The second-order valence-electron chi connectivity index (χ2n) is 10.6. The van der Waals surface area contributed by atoms with Crippen molar-refractivity contribution in [3.8, 4) is 0 Å². The summed E-state index contributed by atoms with van der Waals surface area (Å²) in [6.07, 6.45) is -0.640. The zero-order chi connectivity index (χ0) is 28.9. The van der Waals surface area contributed by atoms with Crippen molar-refractivity contribution in [2.75, 3.05) is 0 Å². The number of halogens is 1. The van der Waals surface area contributed by atoms with Crippen molar-refractivity contribution in [1.29, 1.82) is 0 Å². The Labute approximate surface area is 233 Å². The summed E-state index contributed by atoms with van der Waals surface area (Å²) in [6.45, 7) is 14.4. The molecule has 0 spiro atoms. The highest BCUT2D eigenvalue weighted by Gasteiger charge is 2.48. The van der Waals surface area contributed by atoms with E-state index in [0.717, 1.165) is 27.5 Å². The number of nitrogens with one attached hydrogen (secondary N) is 1. The van der Waals surface area contributed by atoms with E-state index in [1.165, 1.54) is 6.20 Å². The van der Waals surface area contributed by atoms with Crippen LogP contribution in [0.25, 0.3) is 0 Å². The molecule has 2 aromatic heterocycles. The van der Waals surface area contributed by atoms with Gasteiger partial charge in [-0.15, -0.1) is 0 Å². The Hall–Kier alpha value is -1.14. The van der Waals surface area contributed by atoms with Crippen molar-refractivity contribution in [3.63, 3.8) is 0 Å². The molecule has 0 aromatic carbocycles. The topological polar surface area (TPSA) is 98.9 Å². The van der Waals surface area contributed by atoms with Crippen LogP contribution in [0.4, 0.5) is 4.39 Å². The van der Waals surface area contributed by atoms with Gasteiger partial charge < -0.3 is 18.2 Å². The SMILES string of the molecule is [2H]C[C@H]1O[C@@H](n2ccc(=O)[nH]c2=O)[C@@H](F)C1OP(OCc1cocc1CSSC(C)(C)C)N(C(C)C)C(C)C. The number of aromatic nitrogens is 2. The molecule has 2 aromatic rings. The van der Waals surface area contributed by atoms with Crippen molar-refractivity contribution >= 4 is 30.1 Å². The maximum Gasteiger partial charge on any atom is 0.330 e. The van der Waals surface area contributed by atoms with Gasteiger partial charge in [-0.3, -0.25) is 14.3 Å². The number of aromatic amines is 1. The molecule has 1 fully saturated rings. The highest BCUT2D eigenvalue weighted by Crippen LogP contribution is 2.51. The largest absolute Gasteiger partial charge is 0.472 e. The van der Waals surface area contributed by atoms with E-state index >= 15 is 4.39 Å². The van der Waals surface area contributed by atoms with Crippen LogP contribution < -0.4 is 11.2 Å². The lowest BCUT2D eigenvalue weighted by atomic mass is 10.2. The Kier molecular flexibility index (Phi) is 10.6. The van der Waals surface area contributed by atoms with Gasteiger partial charge in [-0.2, -0.15) is 0 Å². The molecule has 1 aliphatic rings. The highest BCUT2D eigenvalue weighted by molar-refractivity contribution is 8.76. The van der Waals surface area contributed by atoms with Crippen LogP contribution in [0.1, 0.15) is 74.1 Å². The monoisotopic (exact) mass is 592 g/mol. The molecule has 0 saturated carbocycles. The molecular weight excluding hydrogens is 552 g/mol. The number of hydrogen-bond acceptors (Lipinski definition) is 9. The van der Waals surface area contributed by atoms with Crippen LogP contribution in [-0.4, -0.2) is 49.4 Å². The minimum atomic E-state index is -1.79. The van der Waals surface area contributed by atoms with E-state index in [1.54, 1.807) is 34.1 Å². The van der Waals surface area contributed by atoms with Crippen LogP contribution in [0.15, 0.2) is 38.8 Å². The van der Waals surface area contributed by atoms with Gasteiger partial charge in [-0.1, -0.05) is 42.4 Å². The fourth-order valence-corrected chi connectivity index (χ4v) is 8.08. The molecule has 3 rings (SSSR count). The summed E-state index contributed by atoms with van der Waals surface area (Å²) in [5, 5.41) is 0. The van der Waals surface area contributed by atoms with E-state index in [-0.39, 0.29) is 30.3 Å². The number of alkyl halides is 1. The molecule has 9 nitrogen and oxygen atoms in total. The standard InChI is InChI=1S/C25H39FN3O6PS2/c1-15(2)29(16(3)4)36(33-13-18-11-32-12-19(18)14-37-38-25(6,7)8)35-22-17(5)34-23(21(22)26)28-10-9-20(30)27-24(28)31/h9-12,15-17,21-23H,13-14H2,1-8H3,(H,27,30,31)/t17-,21+,22?,23-,36?/m1/s1/i5D. The molecule has 1 aliphatic heterocycles. The van der Waals surface area contributed by atoms with Gasteiger partial charge in [0.25, 0.3) is 14.1 Å². The third-order valence-electron chi connectivity index (χ3n) is 5.54. The molecule has 0 radical (unpaired) electrons. The van der Waals surface area contributed by atoms with Crippen LogP contribution in [0.5, 0.6) is 0 Å². The minimum absolute atomic E-state index is 0.0196. The zero-order valence-electron chi connectivity index (χ0n) is 23.9.